The monoisotopic (exact) mass is 240 g/mol. The van der Waals surface area contributed by atoms with E-state index in [1.165, 1.54) is 51.7 Å². The van der Waals surface area contributed by atoms with E-state index in [4.69, 9.17) is 5.73 Å². The molecule has 1 aliphatic heterocycles. The second-order valence-electron chi connectivity index (χ2n) is 6.68. The van der Waals surface area contributed by atoms with Crippen molar-refractivity contribution in [2.24, 2.45) is 17.1 Å². The second kappa shape index (κ2) is 7.38. The fourth-order valence-corrected chi connectivity index (χ4v) is 2.84. The molecule has 2 N–H and O–H groups in total. The Morgan fingerprint density at radius 2 is 1.94 bits per heavy atom. The highest BCUT2D eigenvalue weighted by molar-refractivity contribution is 4.72. The summed E-state index contributed by atoms with van der Waals surface area (Å²) in [6.45, 7) is 11.9. The van der Waals surface area contributed by atoms with Gasteiger partial charge < -0.3 is 10.6 Å². The second-order valence-corrected chi connectivity index (χ2v) is 6.68. The molecule has 0 aromatic heterocycles. The van der Waals surface area contributed by atoms with Crippen molar-refractivity contribution < 1.29 is 0 Å². The van der Waals surface area contributed by atoms with Gasteiger partial charge in [0.05, 0.1) is 0 Å². The predicted octanol–water partition coefficient (Wildman–Crippen LogP) is 3.26. The van der Waals surface area contributed by atoms with E-state index in [1.54, 1.807) is 0 Å². The van der Waals surface area contributed by atoms with Gasteiger partial charge in [0, 0.05) is 0 Å². The molecule has 0 spiro atoms. The third-order valence-electron chi connectivity index (χ3n) is 4.26. The Kier molecular flexibility index (Phi) is 6.50. The van der Waals surface area contributed by atoms with Gasteiger partial charge in [-0.15, -0.1) is 0 Å². The van der Waals surface area contributed by atoms with Crippen LogP contribution in [0.15, 0.2) is 0 Å². The van der Waals surface area contributed by atoms with Gasteiger partial charge in [-0.2, -0.15) is 0 Å². The predicted molar refractivity (Wildman–Crippen MR) is 76.1 cm³/mol. The summed E-state index contributed by atoms with van der Waals surface area (Å²) in [6.07, 6.45) is 8.02. The molecule has 0 saturated carbocycles. The molecule has 1 aliphatic rings. The molecule has 0 amide bonds. The summed E-state index contributed by atoms with van der Waals surface area (Å²) in [5, 5.41) is 0. The minimum Gasteiger partial charge on any atom is -0.330 e. The summed E-state index contributed by atoms with van der Waals surface area (Å²) in [5.41, 5.74) is 6.09. The van der Waals surface area contributed by atoms with Crippen molar-refractivity contribution in [3.8, 4) is 0 Å². The molecule has 0 bridgehead atoms. The van der Waals surface area contributed by atoms with Crippen LogP contribution in [0.4, 0.5) is 0 Å². The van der Waals surface area contributed by atoms with Crippen LogP contribution in [-0.2, 0) is 0 Å². The minimum atomic E-state index is 0.438. The lowest BCUT2D eigenvalue weighted by molar-refractivity contribution is 0.239. The molecule has 0 aromatic rings. The van der Waals surface area contributed by atoms with Gasteiger partial charge in [-0.1, -0.05) is 20.8 Å². The molecule has 1 fully saturated rings. The molecule has 1 unspecified atom stereocenters. The minimum absolute atomic E-state index is 0.438. The third-order valence-corrected chi connectivity index (χ3v) is 4.26. The Balaban J connectivity index is 2.17. The zero-order valence-corrected chi connectivity index (χ0v) is 12.2. The molecule has 0 aliphatic carbocycles. The maximum atomic E-state index is 5.65. The van der Waals surface area contributed by atoms with Crippen molar-refractivity contribution in [1.82, 2.24) is 4.90 Å². The van der Waals surface area contributed by atoms with Crippen LogP contribution >= 0.6 is 0 Å². The summed E-state index contributed by atoms with van der Waals surface area (Å²) in [5.74, 6) is 0.939. The quantitative estimate of drug-likeness (QED) is 0.772. The van der Waals surface area contributed by atoms with Crippen molar-refractivity contribution in [1.29, 1.82) is 0 Å². The van der Waals surface area contributed by atoms with E-state index in [0.29, 0.717) is 5.41 Å². The summed E-state index contributed by atoms with van der Waals surface area (Å²) in [7, 11) is 0. The van der Waals surface area contributed by atoms with E-state index in [2.05, 4.69) is 25.7 Å². The highest BCUT2D eigenvalue weighted by Crippen LogP contribution is 2.26. The summed E-state index contributed by atoms with van der Waals surface area (Å²) < 4.78 is 0. The highest BCUT2D eigenvalue weighted by atomic mass is 15.1. The number of hydrogen-bond acceptors (Lipinski definition) is 2. The third kappa shape index (κ3) is 6.42. The van der Waals surface area contributed by atoms with Crippen molar-refractivity contribution in [3.05, 3.63) is 0 Å². The smallest absolute Gasteiger partial charge is 0.00162 e. The van der Waals surface area contributed by atoms with E-state index < -0.39 is 0 Å². The number of nitrogens with two attached hydrogens (primary N) is 1. The van der Waals surface area contributed by atoms with Gasteiger partial charge >= 0.3 is 0 Å². The number of nitrogens with zero attached hydrogens (tertiary/aromatic N) is 1. The first kappa shape index (κ1) is 15.0. The molecule has 2 nitrogen and oxygen atoms in total. The fourth-order valence-electron chi connectivity index (χ4n) is 2.84. The molecule has 0 radical (unpaired) electrons. The van der Waals surface area contributed by atoms with Crippen LogP contribution in [0.3, 0.4) is 0 Å². The Labute approximate surface area is 108 Å². The molecule has 0 aromatic carbocycles. The number of hydrogen-bond donors (Lipinski definition) is 1. The molecule has 1 saturated heterocycles. The number of likely N-dealkylation sites (tertiary alicyclic amines) is 1. The van der Waals surface area contributed by atoms with Crippen LogP contribution in [0.2, 0.25) is 0 Å². The number of rotatable bonds is 6. The van der Waals surface area contributed by atoms with E-state index in [9.17, 15) is 0 Å². The van der Waals surface area contributed by atoms with E-state index in [0.717, 1.165) is 18.9 Å². The summed E-state index contributed by atoms with van der Waals surface area (Å²) in [4.78, 5) is 2.67. The summed E-state index contributed by atoms with van der Waals surface area (Å²) in [6, 6.07) is 0. The van der Waals surface area contributed by atoms with Crippen LogP contribution in [-0.4, -0.2) is 31.1 Å². The Morgan fingerprint density at radius 1 is 1.18 bits per heavy atom. The Morgan fingerprint density at radius 3 is 2.65 bits per heavy atom. The first-order valence-corrected chi connectivity index (χ1v) is 7.46. The first-order chi connectivity index (χ1) is 8.03. The van der Waals surface area contributed by atoms with E-state index in [-0.39, 0.29) is 0 Å². The highest BCUT2D eigenvalue weighted by Gasteiger charge is 2.18. The van der Waals surface area contributed by atoms with Crippen LogP contribution in [0.5, 0.6) is 0 Å². The molecule has 102 valence electrons. The van der Waals surface area contributed by atoms with Crippen molar-refractivity contribution >= 4 is 0 Å². The molecule has 1 atom stereocenters. The first-order valence-electron chi connectivity index (χ1n) is 7.46. The van der Waals surface area contributed by atoms with Gasteiger partial charge in [0.1, 0.15) is 0 Å². The van der Waals surface area contributed by atoms with Crippen molar-refractivity contribution in [3.63, 3.8) is 0 Å². The molecule has 2 heteroatoms. The van der Waals surface area contributed by atoms with Gasteiger partial charge in [-0.25, -0.2) is 0 Å². The Hall–Kier alpha value is -0.0800. The van der Waals surface area contributed by atoms with Crippen LogP contribution in [0.1, 0.15) is 59.3 Å². The van der Waals surface area contributed by atoms with Gasteiger partial charge in [-0.05, 0) is 76.0 Å². The van der Waals surface area contributed by atoms with Crippen LogP contribution in [0, 0.1) is 11.3 Å². The maximum absolute atomic E-state index is 5.65. The van der Waals surface area contributed by atoms with Gasteiger partial charge in [-0.3, -0.25) is 0 Å². The molecular formula is C15H32N2. The van der Waals surface area contributed by atoms with Gasteiger partial charge in [0.2, 0.25) is 0 Å². The SMILES string of the molecule is CC1CCCN(CCCC(C)(C)CCN)CC1. The summed E-state index contributed by atoms with van der Waals surface area (Å²) >= 11 is 0. The topological polar surface area (TPSA) is 29.3 Å². The Bertz CT molecular complexity index is 201. The lowest BCUT2D eigenvalue weighted by atomic mass is 9.84. The molecular weight excluding hydrogens is 208 g/mol. The maximum Gasteiger partial charge on any atom is -0.00162 e. The van der Waals surface area contributed by atoms with Crippen LogP contribution in [0.25, 0.3) is 0 Å². The van der Waals surface area contributed by atoms with Gasteiger partial charge in [0.25, 0.3) is 0 Å². The molecule has 1 rings (SSSR count). The zero-order valence-electron chi connectivity index (χ0n) is 12.2. The lowest BCUT2D eigenvalue weighted by Crippen LogP contribution is -2.27. The van der Waals surface area contributed by atoms with Crippen LogP contribution < -0.4 is 5.73 Å². The lowest BCUT2D eigenvalue weighted by Gasteiger charge is -2.26. The molecule has 17 heavy (non-hydrogen) atoms. The van der Waals surface area contributed by atoms with Crippen molar-refractivity contribution in [2.45, 2.75) is 59.3 Å². The van der Waals surface area contributed by atoms with Gasteiger partial charge in [0.15, 0.2) is 0 Å². The van der Waals surface area contributed by atoms with Crippen molar-refractivity contribution in [2.75, 3.05) is 26.2 Å². The van der Waals surface area contributed by atoms with E-state index >= 15 is 0 Å². The zero-order chi connectivity index (χ0) is 12.7. The normalized spacial score (nSPS) is 23.6. The standard InChI is InChI=1S/C15H32N2/c1-14-6-4-11-17(13-7-14)12-5-8-15(2,3)9-10-16/h14H,4-13,16H2,1-3H3. The van der Waals surface area contributed by atoms with E-state index in [1.807, 2.05) is 0 Å². The average Bonchev–Trinajstić information content (AvgIpc) is 2.43. The largest absolute Gasteiger partial charge is 0.330 e. The average molecular weight is 240 g/mol. The fraction of sp³-hybridized carbons (Fsp3) is 1.00. The molecule has 1 heterocycles.